The number of hydrogen-bond donors (Lipinski definition) is 0. The summed E-state index contributed by atoms with van der Waals surface area (Å²) in [4.78, 5) is 23.0. The number of esters is 2. The van der Waals surface area contributed by atoms with Crippen LogP contribution in [0.1, 0.15) is 25.2 Å². The maximum atomic E-state index is 11.5. The summed E-state index contributed by atoms with van der Waals surface area (Å²) >= 11 is 0. The molecule has 0 radical (unpaired) electrons. The van der Waals surface area contributed by atoms with Crippen LogP contribution < -0.4 is 4.74 Å². The maximum Gasteiger partial charge on any atom is 0.320 e. The molecule has 0 N–H and O–H groups in total. The first-order valence-electron chi connectivity index (χ1n) is 10.7. The Balaban J connectivity index is 2.01. The minimum atomic E-state index is -2.35. The lowest BCUT2D eigenvalue weighted by molar-refractivity contribution is -0.204. The van der Waals surface area contributed by atoms with E-state index in [9.17, 15) is 9.59 Å². The summed E-state index contributed by atoms with van der Waals surface area (Å²) in [6.07, 6.45) is -1.38. The third kappa shape index (κ3) is 9.28. The molecular formula is C21H36O7Si3. The van der Waals surface area contributed by atoms with E-state index in [1.807, 2.05) is 6.07 Å². The lowest BCUT2D eigenvalue weighted by atomic mass is 10.2. The van der Waals surface area contributed by atoms with E-state index in [0.717, 1.165) is 6.04 Å². The molecule has 174 valence electrons. The van der Waals surface area contributed by atoms with Crippen LogP contribution in [0.4, 0.5) is 0 Å². The molecule has 0 aliphatic carbocycles. The summed E-state index contributed by atoms with van der Waals surface area (Å²) in [5.74, 6) is -0.313. The van der Waals surface area contributed by atoms with Crippen molar-refractivity contribution in [3.63, 3.8) is 0 Å². The normalized spacial score (nSPS) is 17.2. The lowest BCUT2D eigenvalue weighted by Crippen LogP contribution is -2.53. The Labute approximate surface area is 188 Å². The van der Waals surface area contributed by atoms with Crippen molar-refractivity contribution in [1.82, 2.24) is 0 Å². The Morgan fingerprint density at radius 2 is 1.52 bits per heavy atom. The van der Waals surface area contributed by atoms with Crippen molar-refractivity contribution in [1.29, 1.82) is 0 Å². The van der Waals surface area contributed by atoms with Gasteiger partial charge in [0, 0.05) is 5.56 Å². The van der Waals surface area contributed by atoms with Crippen molar-refractivity contribution in [2.45, 2.75) is 71.5 Å². The lowest BCUT2D eigenvalue weighted by Gasteiger charge is -2.39. The first-order chi connectivity index (χ1) is 14.1. The molecule has 1 heterocycles. The van der Waals surface area contributed by atoms with Crippen LogP contribution in [0.3, 0.4) is 0 Å². The zero-order valence-corrected chi connectivity index (χ0v) is 22.9. The highest BCUT2D eigenvalue weighted by atomic mass is 28.5. The molecule has 1 aliphatic rings. The van der Waals surface area contributed by atoms with Gasteiger partial charge in [-0.1, -0.05) is 19.1 Å². The largest absolute Gasteiger partial charge is 0.493 e. The van der Waals surface area contributed by atoms with E-state index in [0.29, 0.717) is 17.9 Å². The fourth-order valence-electron chi connectivity index (χ4n) is 3.68. The maximum absolute atomic E-state index is 11.5. The number of benzene rings is 1. The molecular weight excluding hydrogens is 448 g/mol. The van der Waals surface area contributed by atoms with Gasteiger partial charge in [0.25, 0.3) is 6.29 Å². The predicted octanol–water partition coefficient (Wildman–Crippen LogP) is 4.97. The third-order valence-electron chi connectivity index (χ3n) is 4.19. The van der Waals surface area contributed by atoms with Gasteiger partial charge in [0.15, 0.2) is 16.6 Å². The van der Waals surface area contributed by atoms with Crippen LogP contribution in [-0.4, -0.2) is 43.7 Å². The molecule has 1 atom stereocenters. The summed E-state index contributed by atoms with van der Waals surface area (Å²) in [5.41, 5.74) is 0.565. The smallest absolute Gasteiger partial charge is 0.320 e. The molecule has 1 aliphatic heterocycles. The van der Waals surface area contributed by atoms with Gasteiger partial charge in [-0.2, -0.15) is 0 Å². The standard InChI is InChI=1S/C21H36O7Si3/c1-16(15-31(8,27-29(2,3)4)28-30(5,6)7)14-24-18-11-9-10-17(12-18)21-25-19(22)13-20(23)26-21/h9-12,16,21H,13-15H2,1-8H3. The van der Waals surface area contributed by atoms with Gasteiger partial charge in [-0.15, -0.1) is 0 Å². The third-order valence-corrected chi connectivity index (χ3v) is 14.0. The van der Waals surface area contributed by atoms with Crippen molar-refractivity contribution < 1.29 is 32.0 Å². The second-order valence-electron chi connectivity index (χ2n) is 10.2. The first-order valence-corrected chi connectivity index (χ1v) is 20.0. The van der Waals surface area contributed by atoms with E-state index in [-0.39, 0.29) is 12.3 Å². The quantitative estimate of drug-likeness (QED) is 0.264. The van der Waals surface area contributed by atoms with Crippen LogP contribution in [0.15, 0.2) is 24.3 Å². The molecule has 0 saturated carbocycles. The second-order valence-corrected chi connectivity index (χ2v) is 23.0. The highest BCUT2D eigenvalue weighted by Gasteiger charge is 2.41. The molecule has 0 aromatic heterocycles. The Hall–Kier alpha value is -1.47. The molecule has 0 bridgehead atoms. The summed E-state index contributed by atoms with van der Waals surface area (Å²) in [6, 6.07) is 7.93. The van der Waals surface area contributed by atoms with Crippen molar-refractivity contribution in [3.8, 4) is 5.75 Å². The number of rotatable bonds is 10. The van der Waals surface area contributed by atoms with Crippen LogP contribution in [0, 0.1) is 5.92 Å². The topological polar surface area (TPSA) is 80.3 Å². The Morgan fingerprint density at radius 3 is 2.03 bits per heavy atom. The summed E-state index contributed by atoms with van der Waals surface area (Å²) in [7, 11) is -5.84. The molecule has 1 fully saturated rings. The van der Waals surface area contributed by atoms with Gasteiger partial charge in [-0.3, -0.25) is 9.59 Å². The molecule has 7 nitrogen and oxygen atoms in total. The van der Waals surface area contributed by atoms with Gasteiger partial charge in [-0.05, 0) is 69.9 Å². The average Bonchev–Trinajstić information content (AvgIpc) is 2.55. The zero-order chi connectivity index (χ0) is 23.4. The minimum absolute atomic E-state index is 0.235. The van der Waals surface area contributed by atoms with Crippen LogP contribution in [-0.2, 0) is 27.3 Å². The van der Waals surface area contributed by atoms with Crippen molar-refractivity contribution in [2.75, 3.05) is 6.61 Å². The van der Waals surface area contributed by atoms with Crippen LogP contribution in [0.5, 0.6) is 5.75 Å². The Kier molecular flexibility index (Phi) is 8.31. The Morgan fingerprint density at radius 1 is 0.968 bits per heavy atom. The SMILES string of the molecule is CC(COc1cccc(C2OC(=O)CC(=O)O2)c1)C[Si](C)(O[Si](C)(C)C)O[Si](C)(C)C. The van der Waals surface area contributed by atoms with Crippen molar-refractivity contribution in [3.05, 3.63) is 29.8 Å². The van der Waals surface area contributed by atoms with E-state index in [1.54, 1.807) is 18.2 Å². The fourth-order valence-corrected chi connectivity index (χ4v) is 16.6. The molecule has 10 heteroatoms. The molecule has 1 aromatic carbocycles. The van der Waals surface area contributed by atoms with Crippen molar-refractivity contribution >= 4 is 37.1 Å². The van der Waals surface area contributed by atoms with E-state index in [1.165, 1.54) is 0 Å². The van der Waals surface area contributed by atoms with Gasteiger partial charge in [0.05, 0.1) is 6.61 Å². The molecule has 31 heavy (non-hydrogen) atoms. The van der Waals surface area contributed by atoms with E-state index >= 15 is 0 Å². The summed E-state index contributed by atoms with van der Waals surface area (Å²) < 4.78 is 29.4. The van der Waals surface area contributed by atoms with Gasteiger partial charge in [0.2, 0.25) is 0 Å². The Bertz CT molecular complexity index is 754. The zero-order valence-electron chi connectivity index (χ0n) is 19.9. The summed E-state index contributed by atoms with van der Waals surface area (Å²) in [6.45, 7) is 18.0. The van der Waals surface area contributed by atoms with Crippen molar-refractivity contribution in [2.24, 2.45) is 5.92 Å². The number of cyclic esters (lactones) is 2. The van der Waals surface area contributed by atoms with Crippen LogP contribution in [0.2, 0.25) is 51.9 Å². The van der Waals surface area contributed by atoms with Gasteiger partial charge in [-0.25, -0.2) is 0 Å². The number of carbonyl (C=O) groups is 2. The molecule has 0 spiro atoms. The molecule has 1 aromatic rings. The van der Waals surface area contributed by atoms with Gasteiger partial charge < -0.3 is 22.4 Å². The van der Waals surface area contributed by atoms with E-state index in [4.69, 9.17) is 22.4 Å². The van der Waals surface area contributed by atoms with Crippen LogP contribution >= 0.6 is 0 Å². The van der Waals surface area contributed by atoms with Gasteiger partial charge in [0.1, 0.15) is 12.2 Å². The molecule has 1 saturated heterocycles. The van der Waals surface area contributed by atoms with E-state index < -0.39 is 43.4 Å². The van der Waals surface area contributed by atoms with Crippen LogP contribution in [0.25, 0.3) is 0 Å². The molecule has 2 rings (SSSR count). The second kappa shape index (κ2) is 9.99. The summed E-state index contributed by atoms with van der Waals surface area (Å²) in [5, 5.41) is 0. The molecule has 1 unspecified atom stereocenters. The average molecular weight is 485 g/mol. The number of carbonyl (C=O) groups excluding carboxylic acids is 2. The van der Waals surface area contributed by atoms with Gasteiger partial charge >= 0.3 is 20.5 Å². The monoisotopic (exact) mass is 484 g/mol. The number of ether oxygens (including phenoxy) is 3. The highest BCUT2D eigenvalue weighted by molar-refractivity contribution is 6.87. The number of hydrogen-bond acceptors (Lipinski definition) is 7. The highest BCUT2D eigenvalue weighted by Crippen LogP contribution is 2.29. The first kappa shape index (κ1) is 25.8. The van der Waals surface area contributed by atoms with E-state index in [2.05, 4.69) is 52.8 Å². The fraction of sp³-hybridized carbons (Fsp3) is 0.619. The molecule has 0 amide bonds. The minimum Gasteiger partial charge on any atom is -0.493 e. The predicted molar refractivity (Wildman–Crippen MR) is 126 cm³/mol.